The predicted molar refractivity (Wildman–Crippen MR) is 234 cm³/mol. The number of likely N-dealkylation sites (tertiary alicyclic amines) is 1. The van der Waals surface area contributed by atoms with E-state index in [1.54, 1.807) is 0 Å². The molecule has 2 amide bonds. The molecule has 2 N–H and O–H groups in total. The number of rotatable bonds is 28. The van der Waals surface area contributed by atoms with E-state index in [0.29, 0.717) is 38.5 Å². The SMILES string of the molecule is CC(C)C[C@H](NC(=O)[C@H](CCc1ccccc1)CC(=O)CCCCCCCN1CCCCC1)C(=O)C[C@@H](Cc1ccccc1)C(=O)N[C@@H](CC(C)C)C(=O)C1(C)CC1. The molecule has 2 aliphatic rings. The molecule has 1 aliphatic carbocycles. The molecule has 0 unspecified atom stereocenters. The van der Waals surface area contributed by atoms with E-state index in [-0.39, 0.29) is 53.8 Å². The van der Waals surface area contributed by atoms with E-state index in [1.807, 2.05) is 95.3 Å². The van der Waals surface area contributed by atoms with Crippen molar-refractivity contribution in [3.63, 3.8) is 0 Å². The van der Waals surface area contributed by atoms with Crippen molar-refractivity contribution in [2.75, 3.05) is 19.6 Å². The van der Waals surface area contributed by atoms with Crippen molar-refractivity contribution in [1.29, 1.82) is 0 Å². The molecule has 2 aromatic rings. The first-order valence-corrected chi connectivity index (χ1v) is 22.8. The molecule has 2 fully saturated rings. The Morgan fingerprint density at radius 1 is 0.655 bits per heavy atom. The van der Waals surface area contributed by atoms with Crippen LogP contribution in [0.5, 0.6) is 0 Å². The Hall–Kier alpha value is -3.65. The first-order chi connectivity index (χ1) is 27.8. The molecule has 8 nitrogen and oxygen atoms in total. The minimum absolute atomic E-state index is 0.0656. The number of ketones is 3. The number of Topliss-reactive ketones (excluding diaryl/α,β-unsaturated/α-hetero) is 3. The number of nitrogens with one attached hydrogen (secondary N) is 2. The van der Waals surface area contributed by atoms with Crippen LogP contribution in [0.1, 0.15) is 148 Å². The van der Waals surface area contributed by atoms with Gasteiger partial charge in [0.25, 0.3) is 0 Å². The third-order valence-corrected chi connectivity index (χ3v) is 12.3. The van der Waals surface area contributed by atoms with E-state index < -0.39 is 29.3 Å². The highest BCUT2D eigenvalue weighted by molar-refractivity contribution is 5.97. The van der Waals surface area contributed by atoms with Crippen LogP contribution in [0.25, 0.3) is 0 Å². The molecule has 1 aliphatic heterocycles. The van der Waals surface area contributed by atoms with Gasteiger partial charge in [-0.2, -0.15) is 0 Å². The monoisotopic (exact) mass is 798 g/mol. The van der Waals surface area contributed by atoms with Crippen LogP contribution >= 0.6 is 0 Å². The second-order valence-corrected chi connectivity index (χ2v) is 18.7. The first kappa shape index (κ1) is 47.0. The van der Waals surface area contributed by atoms with Crippen LogP contribution in [0.3, 0.4) is 0 Å². The Morgan fingerprint density at radius 2 is 1.21 bits per heavy atom. The van der Waals surface area contributed by atoms with Crippen molar-refractivity contribution in [1.82, 2.24) is 15.5 Å². The smallest absolute Gasteiger partial charge is 0.224 e. The zero-order chi connectivity index (χ0) is 41.9. The Labute approximate surface area is 350 Å². The zero-order valence-electron chi connectivity index (χ0n) is 36.6. The van der Waals surface area contributed by atoms with Crippen molar-refractivity contribution in [2.24, 2.45) is 29.1 Å². The molecular weight excluding hydrogens is 723 g/mol. The number of hydrogen-bond acceptors (Lipinski definition) is 6. The summed E-state index contributed by atoms with van der Waals surface area (Å²) < 4.78 is 0. The van der Waals surface area contributed by atoms with Gasteiger partial charge in [0.1, 0.15) is 5.78 Å². The van der Waals surface area contributed by atoms with Gasteiger partial charge in [0.05, 0.1) is 12.1 Å². The minimum atomic E-state index is -0.795. The van der Waals surface area contributed by atoms with Crippen LogP contribution in [-0.4, -0.2) is 65.8 Å². The van der Waals surface area contributed by atoms with E-state index in [1.165, 1.54) is 51.7 Å². The number of aryl methyl sites for hydroxylation is 1. The average molecular weight is 798 g/mol. The number of carbonyl (C=O) groups is 5. The van der Waals surface area contributed by atoms with Gasteiger partial charge in [-0.3, -0.25) is 24.0 Å². The molecule has 0 radical (unpaired) electrons. The van der Waals surface area contributed by atoms with Crippen LogP contribution in [0.2, 0.25) is 0 Å². The molecule has 4 rings (SSSR count). The number of unbranched alkanes of at least 4 members (excludes halogenated alkanes) is 4. The van der Waals surface area contributed by atoms with Gasteiger partial charge in [0.15, 0.2) is 11.6 Å². The number of benzene rings is 2. The molecule has 58 heavy (non-hydrogen) atoms. The second-order valence-electron chi connectivity index (χ2n) is 18.7. The fourth-order valence-corrected chi connectivity index (χ4v) is 8.48. The number of piperidine rings is 1. The van der Waals surface area contributed by atoms with Crippen molar-refractivity contribution in [3.8, 4) is 0 Å². The highest BCUT2D eigenvalue weighted by Gasteiger charge is 2.48. The van der Waals surface area contributed by atoms with Gasteiger partial charge in [0, 0.05) is 36.5 Å². The van der Waals surface area contributed by atoms with Crippen molar-refractivity contribution in [3.05, 3.63) is 71.8 Å². The largest absolute Gasteiger partial charge is 0.346 e. The normalized spacial score (nSPS) is 17.3. The predicted octanol–water partition coefficient (Wildman–Crippen LogP) is 9.27. The molecule has 0 spiro atoms. The first-order valence-electron chi connectivity index (χ1n) is 22.8. The molecular formula is C50H75N3O5. The molecule has 0 aromatic heterocycles. The van der Waals surface area contributed by atoms with Gasteiger partial charge in [0.2, 0.25) is 11.8 Å². The van der Waals surface area contributed by atoms with Gasteiger partial charge in [-0.15, -0.1) is 0 Å². The fourth-order valence-electron chi connectivity index (χ4n) is 8.48. The molecule has 4 atom stereocenters. The standard InChI is InChI=1S/C50H75N3O5/c1-37(2)32-44(46(55)36-42(34-40-22-14-10-15-23-40)49(58)52-45(33-38(3)4)47(56)50(5)27-28-50)51-48(57)41(26-25-39-20-12-9-13-21-39)35-43(54)24-16-7-6-8-17-29-53-30-18-11-19-31-53/h9-10,12-15,20-23,37-38,41-42,44-45H,6-8,11,16-19,24-36H2,1-5H3,(H,51,57)(H,52,58)/t41-,42-,44+,45+/m1/s1. The number of nitrogens with zero attached hydrogens (tertiary/aromatic N) is 1. The molecule has 8 heteroatoms. The Kier molecular flexibility index (Phi) is 19.8. The van der Waals surface area contributed by atoms with Gasteiger partial charge >= 0.3 is 0 Å². The van der Waals surface area contributed by atoms with Crippen LogP contribution < -0.4 is 10.6 Å². The molecule has 1 saturated carbocycles. The lowest BCUT2D eigenvalue weighted by molar-refractivity contribution is -0.135. The Balaban J connectivity index is 1.41. The number of hydrogen-bond donors (Lipinski definition) is 2. The lowest BCUT2D eigenvalue weighted by atomic mass is 9.87. The zero-order valence-corrected chi connectivity index (χ0v) is 36.6. The summed E-state index contributed by atoms with van der Waals surface area (Å²) in [7, 11) is 0. The third kappa shape index (κ3) is 16.9. The lowest BCUT2D eigenvalue weighted by Crippen LogP contribution is -2.49. The summed E-state index contributed by atoms with van der Waals surface area (Å²) in [6, 6.07) is 18.3. The summed E-state index contributed by atoms with van der Waals surface area (Å²) in [6.45, 7) is 13.7. The van der Waals surface area contributed by atoms with Crippen LogP contribution in [0, 0.1) is 29.1 Å². The lowest BCUT2D eigenvalue weighted by Gasteiger charge is -2.27. The molecule has 0 bridgehead atoms. The van der Waals surface area contributed by atoms with Crippen molar-refractivity contribution < 1.29 is 24.0 Å². The summed E-state index contributed by atoms with van der Waals surface area (Å²) in [5.41, 5.74) is 1.64. The molecule has 1 heterocycles. The minimum Gasteiger partial charge on any atom is -0.346 e. The van der Waals surface area contributed by atoms with Gasteiger partial charge in [-0.1, -0.05) is 121 Å². The van der Waals surface area contributed by atoms with E-state index >= 15 is 0 Å². The molecule has 1 saturated heterocycles. The van der Waals surface area contributed by atoms with Crippen LogP contribution in [0.4, 0.5) is 0 Å². The van der Waals surface area contributed by atoms with E-state index in [2.05, 4.69) is 15.5 Å². The summed E-state index contributed by atoms with van der Waals surface area (Å²) in [5, 5.41) is 6.19. The maximum absolute atomic E-state index is 14.3. The highest BCUT2D eigenvalue weighted by atomic mass is 16.2. The maximum Gasteiger partial charge on any atom is 0.224 e. The highest BCUT2D eigenvalue weighted by Crippen LogP contribution is 2.47. The summed E-state index contributed by atoms with van der Waals surface area (Å²) in [5.74, 6) is -1.57. The van der Waals surface area contributed by atoms with Gasteiger partial charge in [-0.25, -0.2) is 0 Å². The fraction of sp³-hybridized carbons (Fsp3) is 0.660. The summed E-state index contributed by atoms with van der Waals surface area (Å²) in [4.78, 5) is 72.1. The van der Waals surface area contributed by atoms with E-state index in [9.17, 15) is 24.0 Å². The Bertz CT molecular complexity index is 1560. The summed E-state index contributed by atoms with van der Waals surface area (Å²) >= 11 is 0. The van der Waals surface area contributed by atoms with E-state index in [4.69, 9.17) is 0 Å². The van der Waals surface area contributed by atoms with Crippen molar-refractivity contribution in [2.45, 2.75) is 162 Å². The topological polar surface area (TPSA) is 113 Å². The van der Waals surface area contributed by atoms with Gasteiger partial charge in [-0.05, 0) is 113 Å². The quantitative estimate of drug-likeness (QED) is 0.0831. The third-order valence-electron chi connectivity index (χ3n) is 12.3. The van der Waals surface area contributed by atoms with E-state index in [0.717, 1.165) is 43.2 Å². The number of amides is 2. The van der Waals surface area contributed by atoms with Crippen LogP contribution in [0.15, 0.2) is 60.7 Å². The van der Waals surface area contributed by atoms with Gasteiger partial charge < -0.3 is 15.5 Å². The molecule has 2 aromatic carbocycles. The average Bonchev–Trinajstić information content (AvgIpc) is 3.96. The number of carbonyl (C=O) groups excluding carboxylic acids is 5. The second kappa shape index (κ2) is 24.4. The summed E-state index contributed by atoms with van der Waals surface area (Å²) in [6.07, 6.45) is 14.0. The maximum atomic E-state index is 14.3. The Morgan fingerprint density at radius 3 is 1.83 bits per heavy atom. The van der Waals surface area contributed by atoms with Crippen LogP contribution in [-0.2, 0) is 36.8 Å². The van der Waals surface area contributed by atoms with Crippen molar-refractivity contribution >= 4 is 29.2 Å². The molecule has 320 valence electrons.